The highest BCUT2D eigenvalue weighted by atomic mass is 16.5. The lowest BCUT2D eigenvalue weighted by molar-refractivity contribution is 0.252. The molecule has 19 heavy (non-hydrogen) atoms. The second-order valence-corrected chi connectivity index (χ2v) is 4.92. The Morgan fingerprint density at radius 1 is 1.00 bits per heavy atom. The first-order valence-corrected chi connectivity index (χ1v) is 6.45. The van der Waals surface area contributed by atoms with Crippen LogP contribution in [0.15, 0.2) is 54.6 Å². The van der Waals surface area contributed by atoms with E-state index in [0.29, 0.717) is 0 Å². The van der Waals surface area contributed by atoms with E-state index in [1.165, 1.54) is 5.56 Å². The molecule has 0 saturated carbocycles. The Hall–Kier alpha value is -2.22. The number of hydrogen-bond acceptors (Lipinski definition) is 2. The maximum atomic E-state index is 6.10. The van der Waals surface area contributed by atoms with E-state index in [9.17, 15) is 0 Å². The predicted molar refractivity (Wildman–Crippen MR) is 79.6 cm³/mol. The van der Waals surface area contributed by atoms with E-state index in [2.05, 4.69) is 47.4 Å². The standard InChI is InChI=1S/C17H17NO/c1-18(2)15-10-8-14-9-11-16(19-17(14)12-15)13-6-4-3-5-7-13/h3-12,16H,1-2H3. The summed E-state index contributed by atoms with van der Waals surface area (Å²) in [7, 11) is 4.07. The molecule has 0 amide bonds. The number of ether oxygens (including phenoxy) is 1. The molecule has 0 aromatic heterocycles. The van der Waals surface area contributed by atoms with Crippen LogP contribution in [0.2, 0.25) is 0 Å². The Labute approximate surface area is 113 Å². The van der Waals surface area contributed by atoms with Crippen LogP contribution < -0.4 is 9.64 Å². The van der Waals surface area contributed by atoms with Crippen LogP contribution in [0.5, 0.6) is 5.75 Å². The van der Waals surface area contributed by atoms with Gasteiger partial charge in [0.25, 0.3) is 0 Å². The van der Waals surface area contributed by atoms with Crippen molar-refractivity contribution in [3.63, 3.8) is 0 Å². The van der Waals surface area contributed by atoms with Gasteiger partial charge >= 0.3 is 0 Å². The molecule has 0 saturated heterocycles. The van der Waals surface area contributed by atoms with E-state index >= 15 is 0 Å². The van der Waals surface area contributed by atoms with Gasteiger partial charge in [-0.25, -0.2) is 0 Å². The minimum Gasteiger partial charge on any atom is -0.481 e. The number of fused-ring (bicyclic) bond motifs is 1. The lowest BCUT2D eigenvalue weighted by Gasteiger charge is -2.23. The third-order valence-electron chi connectivity index (χ3n) is 3.35. The zero-order valence-electron chi connectivity index (χ0n) is 11.2. The summed E-state index contributed by atoms with van der Waals surface area (Å²) in [6.45, 7) is 0. The topological polar surface area (TPSA) is 12.5 Å². The van der Waals surface area contributed by atoms with Gasteiger partial charge in [0.2, 0.25) is 0 Å². The van der Waals surface area contributed by atoms with Gasteiger partial charge in [-0.3, -0.25) is 0 Å². The van der Waals surface area contributed by atoms with Gasteiger partial charge < -0.3 is 9.64 Å². The Morgan fingerprint density at radius 3 is 2.53 bits per heavy atom. The van der Waals surface area contributed by atoms with Gasteiger partial charge in [0, 0.05) is 31.4 Å². The van der Waals surface area contributed by atoms with Crippen molar-refractivity contribution in [2.45, 2.75) is 6.10 Å². The molecular formula is C17H17NO. The van der Waals surface area contributed by atoms with Gasteiger partial charge in [-0.1, -0.05) is 36.4 Å². The van der Waals surface area contributed by atoms with Crippen LogP contribution in [0.4, 0.5) is 5.69 Å². The Morgan fingerprint density at radius 2 is 1.79 bits per heavy atom. The van der Waals surface area contributed by atoms with Crippen LogP contribution in [-0.4, -0.2) is 14.1 Å². The van der Waals surface area contributed by atoms with Gasteiger partial charge in [-0.05, 0) is 23.8 Å². The van der Waals surface area contributed by atoms with Crippen molar-refractivity contribution in [3.8, 4) is 5.75 Å². The molecule has 1 aliphatic heterocycles. The summed E-state index contributed by atoms with van der Waals surface area (Å²) in [5.74, 6) is 0.947. The van der Waals surface area contributed by atoms with E-state index in [-0.39, 0.29) is 6.10 Å². The first kappa shape index (κ1) is 11.8. The Kier molecular flexibility index (Phi) is 3.00. The molecule has 0 radical (unpaired) electrons. The molecule has 2 nitrogen and oxygen atoms in total. The fraction of sp³-hybridized carbons (Fsp3) is 0.176. The van der Waals surface area contributed by atoms with Crippen molar-refractivity contribution in [1.29, 1.82) is 0 Å². The fourth-order valence-electron chi connectivity index (χ4n) is 2.23. The molecule has 96 valence electrons. The molecule has 2 aromatic carbocycles. The minimum atomic E-state index is 0.00566. The Bertz CT molecular complexity index is 602. The van der Waals surface area contributed by atoms with Gasteiger partial charge in [0.1, 0.15) is 11.9 Å². The summed E-state index contributed by atoms with van der Waals surface area (Å²) in [5.41, 5.74) is 3.47. The lowest BCUT2D eigenvalue weighted by Crippen LogP contribution is -2.12. The molecule has 0 fully saturated rings. The highest BCUT2D eigenvalue weighted by Crippen LogP contribution is 2.34. The molecule has 0 bridgehead atoms. The maximum Gasteiger partial charge on any atom is 0.142 e. The van der Waals surface area contributed by atoms with Crippen LogP contribution >= 0.6 is 0 Å². The summed E-state index contributed by atoms with van der Waals surface area (Å²) in [4.78, 5) is 2.08. The number of nitrogens with zero attached hydrogens (tertiary/aromatic N) is 1. The monoisotopic (exact) mass is 251 g/mol. The summed E-state index contributed by atoms with van der Waals surface area (Å²) < 4.78 is 6.10. The minimum absolute atomic E-state index is 0.00566. The van der Waals surface area contributed by atoms with E-state index in [4.69, 9.17) is 4.74 Å². The molecule has 3 rings (SSSR count). The molecule has 2 aromatic rings. The first-order valence-electron chi connectivity index (χ1n) is 6.45. The molecule has 1 heterocycles. The summed E-state index contributed by atoms with van der Waals surface area (Å²) in [5, 5.41) is 0. The quantitative estimate of drug-likeness (QED) is 0.802. The van der Waals surface area contributed by atoms with Crippen molar-refractivity contribution >= 4 is 11.8 Å². The third kappa shape index (κ3) is 2.34. The molecule has 0 aliphatic carbocycles. The lowest BCUT2D eigenvalue weighted by atomic mass is 10.0. The second kappa shape index (κ2) is 4.81. The van der Waals surface area contributed by atoms with Crippen LogP contribution in [0.25, 0.3) is 6.08 Å². The SMILES string of the molecule is CN(C)c1ccc2c(c1)OC(c1ccccc1)C=C2. The normalized spacial score (nSPS) is 16.6. The van der Waals surface area contributed by atoms with Crippen LogP contribution in [0, 0.1) is 0 Å². The number of hydrogen-bond donors (Lipinski definition) is 0. The van der Waals surface area contributed by atoms with Gasteiger partial charge in [-0.15, -0.1) is 0 Å². The largest absolute Gasteiger partial charge is 0.481 e. The van der Waals surface area contributed by atoms with Crippen LogP contribution in [0.1, 0.15) is 17.2 Å². The molecular weight excluding hydrogens is 234 g/mol. The predicted octanol–water partition coefficient (Wildman–Crippen LogP) is 3.90. The van der Waals surface area contributed by atoms with Crippen LogP contribution in [0.3, 0.4) is 0 Å². The molecule has 2 heteroatoms. The number of benzene rings is 2. The molecule has 1 atom stereocenters. The van der Waals surface area contributed by atoms with Crippen molar-refractivity contribution in [2.24, 2.45) is 0 Å². The van der Waals surface area contributed by atoms with Crippen molar-refractivity contribution in [2.75, 3.05) is 19.0 Å². The van der Waals surface area contributed by atoms with E-state index in [0.717, 1.165) is 17.0 Å². The second-order valence-electron chi connectivity index (χ2n) is 4.92. The van der Waals surface area contributed by atoms with E-state index in [1.54, 1.807) is 0 Å². The van der Waals surface area contributed by atoms with Gasteiger partial charge in [-0.2, -0.15) is 0 Å². The molecule has 1 aliphatic rings. The van der Waals surface area contributed by atoms with E-state index in [1.807, 2.05) is 32.3 Å². The van der Waals surface area contributed by atoms with Crippen LogP contribution in [-0.2, 0) is 0 Å². The summed E-state index contributed by atoms with van der Waals surface area (Å²) in [6, 6.07) is 16.6. The average molecular weight is 251 g/mol. The molecule has 1 unspecified atom stereocenters. The highest BCUT2D eigenvalue weighted by molar-refractivity contribution is 5.65. The Balaban J connectivity index is 1.93. The zero-order valence-corrected chi connectivity index (χ0v) is 11.2. The average Bonchev–Trinajstić information content (AvgIpc) is 2.47. The zero-order chi connectivity index (χ0) is 13.2. The molecule has 0 spiro atoms. The summed E-state index contributed by atoms with van der Waals surface area (Å²) in [6.07, 6.45) is 4.24. The van der Waals surface area contributed by atoms with Gasteiger partial charge in [0.05, 0.1) is 0 Å². The molecule has 0 N–H and O–H groups in total. The summed E-state index contributed by atoms with van der Waals surface area (Å²) >= 11 is 0. The fourth-order valence-corrected chi connectivity index (χ4v) is 2.23. The van der Waals surface area contributed by atoms with E-state index < -0.39 is 0 Å². The maximum absolute atomic E-state index is 6.10. The smallest absolute Gasteiger partial charge is 0.142 e. The first-order chi connectivity index (χ1) is 9.24. The third-order valence-corrected chi connectivity index (χ3v) is 3.35. The van der Waals surface area contributed by atoms with Crippen molar-refractivity contribution in [1.82, 2.24) is 0 Å². The highest BCUT2D eigenvalue weighted by Gasteiger charge is 2.16. The van der Waals surface area contributed by atoms with Crippen molar-refractivity contribution in [3.05, 3.63) is 65.7 Å². The number of rotatable bonds is 2. The van der Waals surface area contributed by atoms with Gasteiger partial charge in [0.15, 0.2) is 0 Å². The van der Waals surface area contributed by atoms with Crippen molar-refractivity contribution < 1.29 is 4.74 Å². The number of anilines is 1.